The van der Waals surface area contributed by atoms with Crippen LogP contribution in [0.15, 0.2) is 11.6 Å². The number of allylic oxidation sites excluding steroid dienone is 2. The highest BCUT2D eigenvalue weighted by Crippen LogP contribution is 2.65. The lowest BCUT2D eigenvalue weighted by molar-refractivity contribution is 0.474. The van der Waals surface area contributed by atoms with Crippen molar-refractivity contribution in [1.29, 1.82) is 0 Å². The monoisotopic (exact) mass is 122 g/mol. The van der Waals surface area contributed by atoms with Gasteiger partial charge < -0.3 is 0 Å². The van der Waals surface area contributed by atoms with Gasteiger partial charge >= 0.3 is 0 Å². The first-order chi connectivity index (χ1) is 4.29. The highest BCUT2D eigenvalue weighted by atomic mass is 14.6. The lowest BCUT2D eigenvalue weighted by Crippen LogP contribution is -1.94. The van der Waals surface area contributed by atoms with E-state index in [1.165, 1.54) is 19.3 Å². The molecule has 50 valence electrons. The molecular formula is C9H14. The summed E-state index contributed by atoms with van der Waals surface area (Å²) in [5.41, 5.74) is 2.46. The Balaban J connectivity index is 2.22. The number of fused-ring (bicyclic) bond motifs is 1. The van der Waals surface area contributed by atoms with Crippen LogP contribution in [0.3, 0.4) is 0 Å². The summed E-state index contributed by atoms with van der Waals surface area (Å²) in [4.78, 5) is 0. The van der Waals surface area contributed by atoms with E-state index in [1.54, 1.807) is 5.57 Å². The van der Waals surface area contributed by atoms with Crippen LogP contribution in [0.5, 0.6) is 0 Å². The maximum absolute atomic E-state index is 2.45. The van der Waals surface area contributed by atoms with Gasteiger partial charge in [0.2, 0.25) is 0 Å². The highest BCUT2D eigenvalue weighted by molar-refractivity contribution is 5.40. The van der Waals surface area contributed by atoms with E-state index in [0.717, 1.165) is 5.92 Å². The molecule has 0 aromatic rings. The molecule has 0 radical (unpaired) electrons. The maximum atomic E-state index is 2.45. The molecule has 1 saturated carbocycles. The van der Waals surface area contributed by atoms with E-state index in [2.05, 4.69) is 19.9 Å². The van der Waals surface area contributed by atoms with Crippen molar-refractivity contribution >= 4 is 0 Å². The number of rotatable bonds is 1. The van der Waals surface area contributed by atoms with Gasteiger partial charge in [-0.2, -0.15) is 0 Å². The standard InChI is InChI=1S/C9H14/c1-3-7-8-5-4-6-9(7,8)2/h5,7H,3-4,6H2,1-2H3. The highest BCUT2D eigenvalue weighted by Gasteiger charge is 2.55. The molecule has 2 atom stereocenters. The van der Waals surface area contributed by atoms with Gasteiger partial charge in [0.15, 0.2) is 0 Å². The van der Waals surface area contributed by atoms with Gasteiger partial charge in [-0.25, -0.2) is 0 Å². The van der Waals surface area contributed by atoms with Crippen LogP contribution in [0.2, 0.25) is 0 Å². The third-order valence-electron chi connectivity index (χ3n) is 3.16. The van der Waals surface area contributed by atoms with E-state index in [4.69, 9.17) is 0 Å². The summed E-state index contributed by atoms with van der Waals surface area (Å²) >= 11 is 0. The van der Waals surface area contributed by atoms with Crippen molar-refractivity contribution in [2.75, 3.05) is 0 Å². The molecule has 0 amide bonds. The Morgan fingerprint density at radius 1 is 1.78 bits per heavy atom. The molecular weight excluding hydrogens is 108 g/mol. The fourth-order valence-corrected chi connectivity index (χ4v) is 2.49. The van der Waals surface area contributed by atoms with E-state index in [0.29, 0.717) is 5.41 Å². The molecule has 0 aromatic carbocycles. The van der Waals surface area contributed by atoms with E-state index in [9.17, 15) is 0 Å². The molecule has 2 unspecified atom stereocenters. The fourth-order valence-electron chi connectivity index (χ4n) is 2.49. The first-order valence-corrected chi connectivity index (χ1v) is 3.99. The molecule has 0 spiro atoms. The average molecular weight is 122 g/mol. The quantitative estimate of drug-likeness (QED) is 0.469. The smallest absolute Gasteiger partial charge is 0.00449 e. The summed E-state index contributed by atoms with van der Waals surface area (Å²) in [5.74, 6) is 0.978. The summed E-state index contributed by atoms with van der Waals surface area (Å²) in [7, 11) is 0. The molecule has 0 heterocycles. The molecule has 0 heteroatoms. The minimum Gasteiger partial charge on any atom is -0.0844 e. The second-order valence-electron chi connectivity index (χ2n) is 3.58. The Morgan fingerprint density at radius 2 is 2.56 bits per heavy atom. The molecule has 2 aliphatic rings. The van der Waals surface area contributed by atoms with E-state index < -0.39 is 0 Å². The Morgan fingerprint density at radius 3 is 2.89 bits per heavy atom. The minimum absolute atomic E-state index is 0.689. The molecule has 0 saturated heterocycles. The predicted molar refractivity (Wildman–Crippen MR) is 39.2 cm³/mol. The summed E-state index contributed by atoms with van der Waals surface area (Å²) < 4.78 is 0. The zero-order valence-electron chi connectivity index (χ0n) is 6.28. The van der Waals surface area contributed by atoms with Crippen molar-refractivity contribution < 1.29 is 0 Å². The van der Waals surface area contributed by atoms with Gasteiger partial charge in [-0.05, 0) is 30.6 Å². The molecule has 2 rings (SSSR count). The van der Waals surface area contributed by atoms with Crippen LogP contribution in [-0.2, 0) is 0 Å². The molecule has 0 N–H and O–H groups in total. The van der Waals surface area contributed by atoms with Crippen LogP contribution in [0, 0.1) is 11.3 Å². The third kappa shape index (κ3) is 0.493. The Hall–Kier alpha value is -0.260. The molecule has 9 heavy (non-hydrogen) atoms. The minimum atomic E-state index is 0.689. The summed E-state index contributed by atoms with van der Waals surface area (Å²) in [6, 6.07) is 0. The van der Waals surface area contributed by atoms with Crippen molar-refractivity contribution in [3.8, 4) is 0 Å². The normalized spacial score (nSPS) is 46.4. The molecule has 2 aliphatic carbocycles. The average Bonchev–Trinajstić information content (AvgIpc) is 2.16. The summed E-state index contributed by atoms with van der Waals surface area (Å²) in [6.07, 6.45) is 6.60. The van der Waals surface area contributed by atoms with Crippen molar-refractivity contribution in [2.45, 2.75) is 33.1 Å². The van der Waals surface area contributed by atoms with E-state index >= 15 is 0 Å². The van der Waals surface area contributed by atoms with Crippen LogP contribution >= 0.6 is 0 Å². The van der Waals surface area contributed by atoms with Gasteiger partial charge in [0.1, 0.15) is 0 Å². The molecule has 0 nitrogen and oxygen atoms in total. The number of hydrogen-bond acceptors (Lipinski definition) is 0. The van der Waals surface area contributed by atoms with Crippen molar-refractivity contribution in [1.82, 2.24) is 0 Å². The van der Waals surface area contributed by atoms with Crippen LogP contribution in [0.4, 0.5) is 0 Å². The zero-order valence-corrected chi connectivity index (χ0v) is 6.28. The number of hydrogen-bond donors (Lipinski definition) is 0. The lowest BCUT2D eigenvalue weighted by atomic mass is 10.0. The molecule has 0 bridgehead atoms. The topological polar surface area (TPSA) is 0 Å². The molecule has 0 aromatic heterocycles. The van der Waals surface area contributed by atoms with Gasteiger partial charge in [0.05, 0.1) is 0 Å². The Kier molecular flexibility index (Phi) is 0.870. The van der Waals surface area contributed by atoms with Gasteiger partial charge in [-0.3, -0.25) is 0 Å². The van der Waals surface area contributed by atoms with Crippen molar-refractivity contribution in [2.24, 2.45) is 11.3 Å². The second-order valence-corrected chi connectivity index (χ2v) is 3.58. The first kappa shape index (κ1) is 5.52. The van der Waals surface area contributed by atoms with Gasteiger partial charge in [-0.1, -0.05) is 25.5 Å². The third-order valence-corrected chi connectivity index (χ3v) is 3.16. The van der Waals surface area contributed by atoms with Crippen LogP contribution in [-0.4, -0.2) is 0 Å². The van der Waals surface area contributed by atoms with Crippen LogP contribution < -0.4 is 0 Å². The molecule has 1 fully saturated rings. The Labute approximate surface area is 57.0 Å². The van der Waals surface area contributed by atoms with Gasteiger partial charge in [0, 0.05) is 0 Å². The first-order valence-electron chi connectivity index (χ1n) is 3.99. The maximum Gasteiger partial charge on any atom is -0.00449 e. The zero-order chi connectivity index (χ0) is 6.48. The fraction of sp³-hybridized carbons (Fsp3) is 0.778. The molecule has 0 aliphatic heterocycles. The largest absolute Gasteiger partial charge is 0.0844 e. The Bertz CT molecular complexity index is 167. The van der Waals surface area contributed by atoms with Crippen molar-refractivity contribution in [3.63, 3.8) is 0 Å². The predicted octanol–water partition coefficient (Wildman–Crippen LogP) is 2.75. The van der Waals surface area contributed by atoms with Crippen LogP contribution in [0.25, 0.3) is 0 Å². The van der Waals surface area contributed by atoms with Gasteiger partial charge in [-0.15, -0.1) is 0 Å². The van der Waals surface area contributed by atoms with Gasteiger partial charge in [0.25, 0.3) is 0 Å². The summed E-state index contributed by atoms with van der Waals surface area (Å²) in [5, 5.41) is 0. The second kappa shape index (κ2) is 1.42. The van der Waals surface area contributed by atoms with Crippen molar-refractivity contribution in [3.05, 3.63) is 11.6 Å². The summed E-state index contributed by atoms with van der Waals surface area (Å²) in [6.45, 7) is 4.72. The van der Waals surface area contributed by atoms with E-state index in [1.807, 2.05) is 0 Å². The SMILES string of the molecule is CCC1C2=CCCC21C. The van der Waals surface area contributed by atoms with Crippen LogP contribution in [0.1, 0.15) is 33.1 Å². The lowest BCUT2D eigenvalue weighted by Gasteiger charge is -2.03. The van der Waals surface area contributed by atoms with E-state index in [-0.39, 0.29) is 0 Å².